The number of rotatable bonds is 6. The van der Waals surface area contributed by atoms with Crippen LogP contribution in [0, 0.1) is 0 Å². The van der Waals surface area contributed by atoms with Gasteiger partial charge in [0.25, 0.3) is 5.91 Å². The lowest BCUT2D eigenvalue weighted by molar-refractivity contribution is 0.102. The summed E-state index contributed by atoms with van der Waals surface area (Å²) in [5.74, 6) is -0.288. The molecule has 0 unspecified atom stereocenters. The molecule has 1 aromatic carbocycles. The van der Waals surface area contributed by atoms with Crippen LogP contribution in [0.15, 0.2) is 46.7 Å². The SMILES string of the molecule is O=C(Nc1nc2c(s1)CCCCC2)c1ccc(S(=O)(=O)NCc2cccs2)cc1. The summed E-state index contributed by atoms with van der Waals surface area (Å²) in [6.07, 6.45) is 5.52. The number of hydrogen-bond acceptors (Lipinski definition) is 6. The van der Waals surface area contributed by atoms with Gasteiger partial charge >= 0.3 is 0 Å². The summed E-state index contributed by atoms with van der Waals surface area (Å²) in [7, 11) is -3.63. The van der Waals surface area contributed by atoms with Crippen molar-refractivity contribution in [2.45, 2.75) is 43.5 Å². The van der Waals surface area contributed by atoms with Crippen LogP contribution < -0.4 is 10.0 Å². The fourth-order valence-corrected chi connectivity index (χ4v) is 5.99. The molecule has 4 rings (SSSR count). The topological polar surface area (TPSA) is 88.2 Å². The zero-order chi connectivity index (χ0) is 20.3. The van der Waals surface area contributed by atoms with Crippen molar-refractivity contribution in [3.63, 3.8) is 0 Å². The van der Waals surface area contributed by atoms with Crippen molar-refractivity contribution in [3.8, 4) is 0 Å². The molecule has 152 valence electrons. The molecule has 2 heterocycles. The second-order valence-electron chi connectivity index (χ2n) is 6.83. The first kappa shape index (κ1) is 20.2. The molecule has 2 N–H and O–H groups in total. The maximum atomic E-state index is 12.5. The van der Waals surface area contributed by atoms with E-state index in [4.69, 9.17) is 0 Å². The number of nitrogens with zero attached hydrogens (tertiary/aromatic N) is 1. The van der Waals surface area contributed by atoms with E-state index in [1.165, 1.54) is 64.7 Å². The van der Waals surface area contributed by atoms with Crippen LogP contribution in [0.25, 0.3) is 0 Å². The predicted octanol–water partition coefficient (Wildman–Crippen LogP) is 4.20. The average Bonchev–Trinajstić information content (AvgIpc) is 3.32. The van der Waals surface area contributed by atoms with Crippen LogP contribution in [0.4, 0.5) is 5.13 Å². The number of carbonyl (C=O) groups is 1. The highest BCUT2D eigenvalue weighted by atomic mass is 32.2. The third-order valence-corrected chi connectivity index (χ3v) is 8.13. The van der Waals surface area contributed by atoms with E-state index in [1.54, 1.807) is 0 Å². The highest BCUT2D eigenvalue weighted by molar-refractivity contribution is 7.89. The van der Waals surface area contributed by atoms with Crippen LogP contribution in [-0.2, 0) is 29.4 Å². The lowest BCUT2D eigenvalue weighted by Crippen LogP contribution is -2.23. The minimum absolute atomic E-state index is 0.131. The Morgan fingerprint density at radius 3 is 2.62 bits per heavy atom. The number of sulfonamides is 1. The van der Waals surface area contributed by atoms with Gasteiger partial charge in [-0.05, 0) is 61.4 Å². The van der Waals surface area contributed by atoms with Gasteiger partial charge in [-0.25, -0.2) is 18.1 Å². The van der Waals surface area contributed by atoms with Crippen LogP contribution in [0.3, 0.4) is 0 Å². The Bertz CT molecular complexity index is 1060. The first-order valence-electron chi connectivity index (χ1n) is 9.43. The molecule has 29 heavy (non-hydrogen) atoms. The van der Waals surface area contributed by atoms with Gasteiger partial charge < -0.3 is 0 Å². The number of thiazole rings is 1. The summed E-state index contributed by atoms with van der Waals surface area (Å²) in [6, 6.07) is 9.69. The number of aryl methyl sites for hydroxylation is 2. The van der Waals surface area contributed by atoms with Gasteiger partial charge in [-0.2, -0.15) is 0 Å². The van der Waals surface area contributed by atoms with Crippen LogP contribution in [0.1, 0.15) is 45.1 Å². The van der Waals surface area contributed by atoms with Gasteiger partial charge in [0.15, 0.2) is 5.13 Å². The molecular weight excluding hydrogens is 426 g/mol. The number of thiophene rings is 1. The van der Waals surface area contributed by atoms with E-state index >= 15 is 0 Å². The van der Waals surface area contributed by atoms with Gasteiger partial charge in [0.1, 0.15) is 0 Å². The first-order valence-corrected chi connectivity index (χ1v) is 12.6. The van der Waals surface area contributed by atoms with Gasteiger partial charge in [-0.15, -0.1) is 22.7 Å². The molecule has 1 aliphatic rings. The van der Waals surface area contributed by atoms with E-state index in [9.17, 15) is 13.2 Å². The minimum Gasteiger partial charge on any atom is -0.298 e. The third-order valence-electron chi connectivity index (χ3n) is 4.76. The van der Waals surface area contributed by atoms with Crippen molar-refractivity contribution < 1.29 is 13.2 Å². The Kier molecular flexibility index (Phi) is 6.09. The Labute approximate surface area is 178 Å². The molecule has 3 aromatic rings. The lowest BCUT2D eigenvalue weighted by Gasteiger charge is -2.07. The zero-order valence-corrected chi connectivity index (χ0v) is 18.1. The molecule has 0 radical (unpaired) electrons. The third kappa shape index (κ3) is 4.92. The molecule has 6 nitrogen and oxygen atoms in total. The van der Waals surface area contributed by atoms with Crippen LogP contribution in [-0.4, -0.2) is 19.3 Å². The van der Waals surface area contributed by atoms with Crippen molar-refractivity contribution in [2.75, 3.05) is 5.32 Å². The second kappa shape index (κ2) is 8.74. The number of amides is 1. The Morgan fingerprint density at radius 1 is 1.07 bits per heavy atom. The molecule has 2 aromatic heterocycles. The number of benzene rings is 1. The van der Waals surface area contributed by atoms with E-state index in [1.807, 2.05) is 17.5 Å². The summed E-state index contributed by atoms with van der Waals surface area (Å²) in [6.45, 7) is 0.247. The van der Waals surface area contributed by atoms with Crippen molar-refractivity contribution in [2.24, 2.45) is 0 Å². The number of anilines is 1. The summed E-state index contributed by atoms with van der Waals surface area (Å²) >= 11 is 3.03. The lowest BCUT2D eigenvalue weighted by atomic mass is 10.2. The molecule has 0 bridgehead atoms. The molecule has 0 fully saturated rings. The number of fused-ring (bicyclic) bond motifs is 1. The van der Waals surface area contributed by atoms with Gasteiger partial charge in [0.05, 0.1) is 10.6 Å². The monoisotopic (exact) mass is 447 g/mol. The van der Waals surface area contributed by atoms with Gasteiger partial charge in [-0.1, -0.05) is 12.5 Å². The van der Waals surface area contributed by atoms with E-state index in [-0.39, 0.29) is 17.3 Å². The zero-order valence-electron chi connectivity index (χ0n) is 15.7. The molecular formula is C20H21N3O3S3. The summed E-state index contributed by atoms with van der Waals surface area (Å²) in [5, 5.41) is 5.35. The fraction of sp³-hybridized carbons (Fsp3) is 0.300. The maximum Gasteiger partial charge on any atom is 0.257 e. The normalized spacial score (nSPS) is 14.2. The molecule has 0 saturated carbocycles. The standard InChI is InChI=1S/C20H21N3O3S3/c24-19(23-20-22-17-6-2-1-3-7-18(17)28-20)14-8-10-16(11-9-14)29(25,26)21-13-15-5-4-12-27-15/h4-5,8-12,21H,1-3,6-7,13H2,(H,22,23,24). The highest BCUT2D eigenvalue weighted by Gasteiger charge is 2.18. The van der Waals surface area contributed by atoms with Crippen LogP contribution in [0.2, 0.25) is 0 Å². The minimum atomic E-state index is -3.63. The Balaban J connectivity index is 1.41. The Morgan fingerprint density at radius 2 is 1.86 bits per heavy atom. The molecule has 0 saturated heterocycles. The van der Waals surface area contributed by atoms with E-state index in [0.29, 0.717) is 10.7 Å². The van der Waals surface area contributed by atoms with Crippen molar-refractivity contribution in [1.29, 1.82) is 0 Å². The second-order valence-corrected chi connectivity index (χ2v) is 10.7. The molecule has 1 amide bonds. The number of carbonyl (C=O) groups excluding carboxylic acids is 1. The number of aromatic nitrogens is 1. The van der Waals surface area contributed by atoms with E-state index < -0.39 is 10.0 Å². The average molecular weight is 448 g/mol. The summed E-state index contributed by atoms with van der Waals surface area (Å²) < 4.78 is 27.4. The molecule has 0 aliphatic heterocycles. The molecule has 0 atom stereocenters. The molecule has 0 spiro atoms. The largest absolute Gasteiger partial charge is 0.298 e. The van der Waals surface area contributed by atoms with Gasteiger partial charge in [0.2, 0.25) is 10.0 Å². The van der Waals surface area contributed by atoms with Crippen molar-refractivity contribution in [1.82, 2.24) is 9.71 Å². The highest BCUT2D eigenvalue weighted by Crippen LogP contribution is 2.29. The molecule has 1 aliphatic carbocycles. The maximum absolute atomic E-state index is 12.5. The number of nitrogens with one attached hydrogen (secondary N) is 2. The smallest absolute Gasteiger partial charge is 0.257 e. The van der Waals surface area contributed by atoms with Crippen LogP contribution >= 0.6 is 22.7 Å². The summed E-state index contributed by atoms with van der Waals surface area (Å²) in [5.41, 5.74) is 1.49. The van der Waals surface area contributed by atoms with Crippen LogP contribution in [0.5, 0.6) is 0 Å². The summed E-state index contributed by atoms with van der Waals surface area (Å²) in [4.78, 5) is 19.4. The molecule has 9 heteroatoms. The first-order chi connectivity index (χ1) is 14.0. The Hall–Kier alpha value is -2.07. The van der Waals surface area contributed by atoms with E-state index in [0.717, 1.165) is 29.8 Å². The van der Waals surface area contributed by atoms with Gasteiger partial charge in [-0.3, -0.25) is 10.1 Å². The predicted molar refractivity (Wildman–Crippen MR) is 116 cm³/mol. The van der Waals surface area contributed by atoms with Crippen molar-refractivity contribution in [3.05, 3.63) is 62.8 Å². The quantitative estimate of drug-likeness (QED) is 0.554. The van der Waals surface area contributed by atoms with Crippen molar-refractivity contribution >= 4 is 43.7 Å². The number of hydrogen-bond donors (Lipinski definition) is 2. The van der Waals surface area contributed by atoms with Gasteiger partial charge in [0, 0.05) is 21.9 Å². The van der Waals surface area contributed by atoms with E-state index in [2.05, 4.69) is 15.0 Å². The fourth-order valence-electron chi connectivity index (χ4n) is 3.20.